The van der Waals surface area contributed by atoms with Crippen LogP contribution in [0.3, 0.4) is 0 Å². The van der Waals surface area contributed by atoms with Crippen molar-refractivity contribution in [3.63, 3.8) is 0 Å². The Morgan fingerprint density at radius 3 is 2.55 bits per heavy atom. The Hall–Kier alpha value is -2.14. The number of piperidine rings is 1. The lowest BCUT2D eigenvalue weighted by molar-refractivity contribution is -0.0272. The van der Waals surface area contributed by atoms with Gasteiger partial charge in [-0.25, -0.2) is 4.79 Å². The largest absolute Gasteiger partial charge is 0.487 e. The van der Waals surface area contributed by atoms with Crippen LogP contribution in [-0.2, 0) is 16.9 Å². The molecule has 0 aliphatic carbocycles. The molecular weight excluding hydrogens is 406 g/mol. The number of benzene rings is 2. The molecule has 1 spiro atoms. The van der Waals surface area contributed by atoms with Crippen LogP contribution in [0.2, 0.25) is 0 Å². The monoisotopic (exact) mass is 439 g/mol. The molecule has 166 valence electrons. The van der Waals surface area contributed by atoms with E-state index in [1.807, 2.05) is 37.4 Å². The highest BCUT2D eigenvalue weighted by Crippen LogP contribution is 2.41. The molecule has 1 amide bonds. The lowest BCUT2D eigenvalue weighted by Gasteiger charge is -2.44. The molecule has 0 saturated carbocycles. The molecule has 0 radical (unpaired) electrons. The van der Waals surface area contributed by atoms with Crippen LogP contribution in [0.25, 0.3) is 11.1 Å². The first-order valence-electron chi connectivity index (χ1n) is 11.2. The first-order chi connectivity index (χ1) is 14.8. The van der Waals surface area contributed by atoms with Gasteiger partial charge in [-0.2, -0.15) is 11.8 Å². The maximum Gasteiger partial charge on any atom is 0.410 e. The highest BCUT2D eigenvalue weighted by atomic mass is 32.2. The lowest BCUT2D eigenvalue weighted by atomic mass is 9.83. The van der Waals surface area contributed by atoms with E-state index in [1.165, 1.54) is 22.3 Å². The number of carbonyl (C=O) groups is 1. The van der Waals surface area contributed by atoms with E-state index < -0.39 is 5.60 Å². The quantitative estimate of drug-likeness (QED) is 0.562. The maximum atomic E-state index is 12.4. The Balaban J connectivity index is 1.47. The smallest absolute Gasteiger partial charge is 0.410 e. The van der Waals surface area contributed by atoms with Crippen LogP contribution in [0.5, 0.6) is 5.75 Å². The van der Waals surface area contributed by atoms with Crippen LogP contribution in [0.4, 0.5) is 4.79 Å². The fourth-order valence-electron chi connectivity index (χ4n) is 4.47. The van der Waals surface area contributed by atoms with Gasteiger partial charge in [0.05, 0.1) is 0 Å². The van der Waals surface area contributed by atoms with Gasteiger partial charge in [-0.1, -0.05) is 36.4 Å². The van der Waals surface area contributed by atoms with Crippen molar-refractivity contribution >= 4 is 17.9 Å². The van der Waals surface area contributed by atoms with Gasteiger partial charge in [0, 0.05) is 31.7 Å². The normalized spacial score (nSPS) is 17.7. The Labute approximate surface area is 190 Å². The van der Waals surface area contributed by atoms with Gasteiger partial charge in [0.2, 0.25) is 0 Å². The molecule has 2 heterocycles. The van der Waals surface area contributed by atoms with Crippen molar-refractivity contribution in [3.8, 4) is 16.9 Å². The average Bonchev–Trinajstić information content (AvgIpc) is 2.73. The number of fused-ring (bicyclic) bond motifs is 1. The number of nitrogens with zero attached hydrogens (tertiary/aromatic N) is 1. The molecule has 2 aromatic rings. The maximum absolute atomic E-state index is 12.4. The van der Waals surface area contributed by atoms with Crippen molar-refractivity contribution in [2.75, 3.05) is 19.3 Å². The summed E-state index contributed by atoms with van der Waals surface area (Å²) in [7, 11) is 0. The number of hydrogen-bond acceptors (Lipinski definition) is 4. The van der Waals surface area contributed by atoms with Crippen molar-refractivity contribution in [3.05, 3.63) is 53.6 Å². The van der Waals surface area contributed by atoms with Gasteiger partial charge in [0.1, 0.15) is 17.0 Å². The van der Waals surface area contributed by atoms with E-state index in [-0.39, 0.29) is 11.7 Å². The van der Waals surface area contributed by atoms with E-state index in [9.17, 15) is 4.79 Å². The van der Waals surface area contributed by atoms with Gasteiger partial charge >= 0.3 is 6.09 Å². The minimum absolute atomic E-state index is 0.176. The number of likely N-dealkylation sites (tertiary alicyclic amines) is 1. The van der Waals surface area contributed by atoms with E-state index in [4.69, 9.17) is 9.47 Å². The number of rotatable bonds is 3. The van der Waals surface area contributed by atoms with E-state index >= 15 is 0 Å². The molecule has 4 nitrogen and oxygen atoms in total. The fraction of sp³-hybridized carbons (Fsp3) is 0.500. The number of hydrogen-bond donors (Lipinski definition) is 0. The summed E-state index contributed by atoms with van der Waals surface area (Å²) in [6.07, 6.45) is 5.63. The number of ether oxygens (including phenoxy) is 2. The first kappa shape index (κ1) is 22.1. The SMILES string of the molecule is CSCc1cccc(-c2ccc3c(c2)OC2(CC3)CCN(C(=O)OC(C)(C)C)CC2)c1. The average molecular weight is 440 g/mol. The predicted octanol–water partition coefficient (Wildman–Crippen LogP) is 6.31. The lowest BCUT2D eigenvalue weighted by Crippen LogP contribution is -2.52. The second-order valence-corrected chi connectivity index (χ2v) is 10.6. The van der Waals surface area contributed by atoms with Crippen molar-refractivity contribution in [1.82, 2.24) is 4.90 Å². The number of aryl methyl sites for hydroxylation is 1. The van der Waals surface area contributed by atoms with Gasteiger partial charge in [0.25, 0.3) is 0 Å². The van der Waals surface area contributed by atoms with Gasteiger partial charge in [-0.05, 0) is 68.2 Å². The Kier molecular flexibility index (Phi) is 6.25. The Bertz CT molecular complexity index is 942. The van der Waals surface area contributed by atoms with Crippen LogP contribution in [0, 0.1) is 0 Å². The topological polar surface area (TPSA) is 38.8 Å². The molecule has 0 atom stereocenters. The second-order valence-electron chi connectivity index (χ2n) is 9.71. The Morgan fingerprint density at radius 1 is 1.10 bits per heavy atom. The van der Waals surface area contributed by atoms with E-state index in [0.29, 0.717) is 13.1 Å². The molecule has 2 aromatic carbocycles. The zero-order chi connectivity index (χ0) is 22.1. The summed E-state index contributed by atoms with van der Waals surface area (Å²) in [6.45, 7) is 7.09. The zero-order valence-electron chi connectivity index (χ0n) is 19.1. The summed E-state index contributed by atoms with van der Waals surface area (Å²) in [4.78, 5) is 14.2. The molecule has 4 rings (SSSR count). The van der Waals surface area contributed by atoms with Crippen molar-refractivity contribution in [2.45, 2.75) is 63.4 Å². The third-order valence-electron chi connectivity index (χ3n) is 6.14. The Morgan fingerprint density at radius 2 is 1.84 bits per heavy atom. The van der Waals surface area contributed by atoms with Crippen LogP contribution in [0.15, 0.2) is 42.5 Å². The summed E-state index contributed by atoms with van der Waals surface area (Å²) < 4.78 is 12.2. The molecule has 0 aromatic heterocycles. The molecule has 31 heavy (non-hydrogen) atoms. The highest BCUT2D eigenvalue weighted by Gasteiger charge is 2.41. The van der Waals surface area contributed by atoms with E-state index in [0.717, 1.165) is 37.2 Å². The number of thioether (sulfide) groups is 1. The standard InChI is InChI=1S/C26H33NO3S/c1-25(2,3)30-24(28)27-14-12-26(13-15-27)11-10-20-8-9-22(17-23(20)29-26)21-7-5-6-19(16-21)18-31-4/h5-9,16-17H,10-15,18H2,1-4H3. The van der Waals surface area contributed by atoms with Crippen molar-refractivity contribution in [1.29, 1.82) is 0 Å². The minimum atomic E-state index is -0.462. The van der Waals surface area contributed by atoms with Gasteiger partial charge in [0.15, 0.2) is 0 Å². The van der Waals surface area contributed by atoms with Gasteiger partial charge < -0.3 is 14.4 Å². The molecule has 2 aliphatic heterocycles. The van der Waals surface area contributed by atoms with Crippen LogP contribution < -0.4 is 4.74 Å². The molecule has 5 heteroatoms. The zero-order valence-corrected chi connectivity index (χ0v) is 19.9. The predicted molar refractivity (Wildman–Crippen MR) is 128 cm³/mol. The number of carbonyl (C=O) groups excluding carboxylic acids is 1. The summed E-state index contributed by atoms with van der Waals surface area (Å²) in [5.74, 6) is 2.02. The third-order valence-corrected chi connectivity index (χ3v) is 6.76. The van der Waals surface area contributed by atoms with Gasteiger partial charge in [-0.15, -0.1) is 0 Å². The van der Waals surface area contributed by atoms with E-state index in [1.54, 1.807) is 0 Å². The van der Waals surface area contributed by atoms with Crippen LogP contribution in [0.1, 0.15) is 51.2 Å². The molecule has 0 unspecified atom stereocenters. The summed E-state index contributed by atoms with van der Waals surface area (Å²) in [6, 6.07) is 15.4. The summed E-state index contributed by atoms with van der Waals surface area (Å²) in [5, 5.41) is 0. The third kappa shape index (κ3) is 5.20. The summed E-state index contributed by atoms with van der Waals surface area (Å²) >= 11 is 1.84. The fourth-order valence-corrected chi connectivity index (χ4v) is 4.98. The molecule has 1 fully saturated rings. The van der Waals surface area contributed by atoms with Crippen LogP contribution >= 0.6 is 11.8 Å². The van der Waals surface area contributed by atoms with Crippen LogP contribution in [-0.4, -0.2) is 41.5 Å². The molecule has 1 saturated heterocycles. The highest BCUT2D eigenvalue weighted by molar-refractivity contribution is 7.97. The van der Waals surface area contributed by atoms with E-state index in [2.05, 4.69) is 48.7 Å². The minimum Gasteiger partial charge on any atom is -0.487 e. The molecule has 2 aliphatic rings. The summed E-state index contributed by atoms with van der Waals surface area (Å²) in [5.41, 5.74) is 4.42. The second kappa shape index (κ2) is 8.78. The number of amides is 1. The van der Waals surface area contributed by atoms with Crippen molar-refractivity contribution in [2.24, 2.45) is 0 Å². The molecule has 0 bridgehead atoms. The molecule has 0 N–H and O–H groups in total. The van der Waals surface area contributed by atoms with Crippen molar-refractivity contribution < 1.29 is 14.3 Å². The first-order valence-corrected chi connectivity index (χ1v) is 12.5. The van der Waals surface area contributed by atoms with Gasteiger partial charge in [-0.3, -0.25) is 0 Å². The molecular formula is C26H33NO3S.